The van der Waals surface area contributed by atoms with E-state index in [1.807, 2.05) is 6.92 Å². The van der Waals surface area contributed by atoms with Crippen LogP contribution in [0.5, 0.6) is 0 Å². The summed E-state index contributed by atoms with van der Waals surface area (Å²) < 4.78 is 14.2. The summed E-state index contributed by atoms with van der Waals surface area (Å²) in [5.41, 5.74) is 14.5. The van der Waals surface area contributed by atoms with Gasteiger partial charge in [0, 0.05) is 49.7 Å². The molecule has 1 aliphatic rings. The van der Waals surface area contributed by atoms with Gasteiger partial charge in [-0.15, -0.1) is 0 Å². The van der Waals surface area contributed by atoms with E-state index in [0.29, 0.717) is 23.2 Å². The number of aromatic nitrogens is 2. The van der Waals surface area contributed by atoms with Crippen LogP contribution < -0.4 is 21.7 Å². The van der Waals surface area contributed by atoms with Crippen molar-refractivity contribution in [2.24, 2.45) is 15.7 Å². The highest BCUT2D eigenvalue weighted by Gasteiger charge is 2.20. The smallest absolute Gasteiger partial charge is 0.225 e. The first kappa shape index (κ1) is 21.4. The number of piperidine rings is 1. The maximum Gasteiger partial charge on any atom is 0.225 e. The zero-order valence-corrected chi connectivity index (χ0v) is 17.3. The first-order valence-corrected chi connectivity index (χ1v) is 9.75. The van der Waals surface area contributed by atoms with Gasteiger partial charge in [0.05, 0.1) is 11.4 Å². The van der Waals surface area contributed by atoms with Crippen molar-refractivity contribution in [3.8, 4) is 11.3 Å². The molecule has 0 unspecified atom stereocenters. The Kier molecular flexibility index (Phi) is 6.73. The molecule has 8 nitrogen and oxygen atoms in total. The van der Waals surface area contributed by atoms with Crippen molar-refractivity contribution < 1.29 is 4.39 Å². The Hall–Kier alpha value is -3.33. The highest BCUT2D eigenvalue weighted by Crippen LogP contribution is 2.30. The van der Waals surface area contributed by atoms with Crippen LogP contribution in [0.15, 0.2) is 40.6 Å². The van der Waals surface area contributed by atoms with Crippen LogP contribution in [-0.4, -0.2) is 48.8 Å². The van der Waals surface area contributed by atoms with Gasteiger partial charge in [0.2, 0.25) is 11.9 Å². The van der Waals surface area contributed by atoms with Gasteiger partial charge in [-0.05, 0) is 44.2 Å². The molecule has 2 aromatic rings. The fraction of sp³-hybridized carbons (Fsp3) is 0.333. The van der Waals surface area contributed by atoms with E-state index in [0.717, 1.165) is 37.1 Å². The molecule has 1 aromatic carbocycles. The Labute approximate surface area is 175 Å². The molecule has 3 rings (SSSR count). The molecule has 2 heterocycles. The molecule has 0 atom stereocenters. The van der Waals surface area contributed by atoms with Gasteiger partial charge in [0.25, 0.3) is 0 Å². The van der Waals surface area contributed by atoms with Crippen molar-refractivity contribution in [3.63, 3.8) is 0 Å². The van der Waals surface area contributed by atoms with Gasteiger partial charge in [-0.3, -0.25) is 0 Å². The van der Waals surface area contributed by atoms with Crippen molar-refractivity contribution in [3.05, 3.63) is 42.0 Å². The second kappa shape index (κ2) is 9.45. The fourth-order valence-electron chi connectivity index (χ4n) is 3.22. The molecule has 1 aromatic heterocycles. The van der Waals surface area contributed by atoms with Gasteiger partial charge in [-0.25, -0.2) is 24.3 Å². The normalized spacial score (nSPS) is 15.9. The van der Waals surface area contributed by atoms with Crippen LogP contribution in [0.1, 0.15) is 25.3 Å². The van der Waals surface area contributed by atoms with Gasteiger partial charge in [-0.2, -0.15) is 0 Å². The third-order valence-electron chi connectivity index (χ3n) is 5.05. The van der Waals surface area contributed by atoms with E-state index in [9.17, 15) is 4.39 Å². The molecule has 9 heteroatoms. The molecule has 0 amide bonds. The summed E-state index contributed by atoms with van der Waals surface area (Å²) >= 11 is 0. The molecule has 0 saturated carbocycles. The lowest BCUT2D eigenvalue weighted by molar-refractivity contribution is 0.495. The van der Waals surface area contributed by atoms with Gasteiger partial charge in [0.15, 0.2) is 0 Å². The SMILES string of the molecule is C=N/C(=N\C=C(/C)c1cnc(N2CCC(N)CC2)nc1-c1ccc(N)c(F)c1)NC. The van der Waals surface area contributed by atoms with Crippen molar-refractivity contribution in [1.82, 2.24) is 15.3 Å². The van der Waals surface area contributed by atoms with Crippen LogP contribution in [0.4, 0.5) is 16.0 Å². The van der Waals surface area contributed by atoms with Gasteiger partial charge in [-0.1, -0.05) is 6.07 Å². The maximum absolute atomic E-state index is 14.2. The number of nitrogens with zero attached hydrogens (tertiary/aromatic N) is 5. The van der Waals surface area contributed by atoms with E-state index >= 15 is 0 Å². The quantitative estimate of drug-likeness (QED) is 0.405. The van der Waals surface area contributed by atoms with Crippen molar-refractivity contribution >= 4 is 29.9 Å². The number of rotatable bonds is 4. The zero-order valence-electron chi connectivity index (χ0n) is 17.3. The van der Waals surface area contributed by atoms with Crippen molar-refractivity contribution in [1.29, 1.82) is 0 Å². The Morgan fingerprint density at radius 1 is 1.37 bits per heavy atom. The number of hydrogen-bond donors (Lipinski definition) is 3. The molecular formula is C21H27FN8. The van der Waals surface area contributed by atoms with E-state index in [4.69, 9.17) is 16.5 Å². The van der Waals surface area contributed by atoms with Crippen molar-refractivity contribution in [2.75, 3.05) is 30.8 Å². The van der Waals surface area contributed by atoms with Gasteiger partial charge in [0.1, 0.15) is 5.82 Å². The Balaban J connectivity index is 2.07. The average Bonchev–Trinajstić information content (AvgIpc) is 2.76. The molecule has 1 aliphatic heterocycles. The summed E-state index contributed by atoms with van der Waals surface area (Å²) in [5, 5.41) is 2.84. The van der Waals surface area contributed by atoms with Gasteiger partial charge < -0.3 is 21.7 Å². The summed E-state index contributed by atoms with van der Waals surface area (Å²) in [6.45, 7) is 6.92. The maximum atomic E-state index is 14.2. The molecule has 30 heavy (non-hydrogen) atoms. The van der Waals surface area contributed by atoms with Crippen LogP contribution in [-0.2, 0) is 0 Å². The van der Waals surface area contributed by atoms with Crippen LogP contribution in [0, 0.1) is 5.82 Å². The second-order valence-electron chi connectivity index (χ2n) is 7.17. The number of benzene rings is 1. The number of nitrogens with one attached hydrogen (secondary N) is 1. The van der Waals surface area contributed by atoms with Crippen LogP contribution in [0.2, 0.25) is 0 Å². The molecule has 1 fully saturated rings. The minimum absolute atomic E-state index is 0.0900. The van der Waals surface area contributed by atoms with Crippen molar-refractivity contribution in [2.45, 2.75) is 25.8 Å². The summed E-state index contributed by atoms with van der Waals surface area (Å²) in [4.78, 5) is 19.5. The highest BCUT2D eigenvalue weighted by atomic mass is 19.1. The predicted octanol–water partition coefficient (Wildman–Crippen LogP) is 2.43. The lowest BCUT2D eigenvalue weighted by Crippen LogP contribution is -2.40. The molecule has 0 aliphatic carbocycles. The Bertz CT molecular complexity index is 977. The summed E-state index contributed by atoms with van der Waals surface area (Å²) in [6.07, 6.45) is 5.15. The summed E-state index contributed by atoms with van der Waals surface area (Å²) in [7, 11) is 1.71. The zero-order chi connectivity index (χ0) is 21.7. The van der Waals surface area contributed by atoms with E-state index in [2.05, 4.69) is 31.9 Å². The largest absolute Gasteiger partial charge is 0.396 e. The molecule has 0 bridgehead atoms. The van der Waals surface area contributed by atoms with Gasteiger partial charge >= 0.3 is 0 Å². The molecular weight excluding hydrogens is 383 g/mol. The standard InChI is InChI=1S/C21H27FN8/c1-13(11-27-20(25-2)26-3)16-12-28-21(30-8-6-15(23)7-9-30)29-19(16)14-4-5-18(24)17(22)10-14/h4-5,10-12,15H,2,6-9,23-24H2,1,3H3,(H,26,27)/b13-11+. The summed E-state index contributed by atoms with van der Waals surface area (Å²) in [5.74, 6) is 0.491. The van der Waals surface area contributed by atoms with Crippen LogP contribution >= 0.6 is 0 Å². The highest BCUT2D eigenvalue weighted by molar-refractivity contribution is 5.86. The number of nitrogens with two attached hydrogens (primary N) is 2. The first-order chi connectivity index (χ1) is 14.4. The number of hydrogen-bond acceptors (Lipinski definition) is 6. The fourth-order valence-corrected chi connectivity index (χ4v) is 3.22. The van der Waals surface area contributed by atoms with E-state index in [1.54, 1.807) is 25.5 Å². The van der Waals surface area contributed by atoms with E-state index in [1.165, 1.54) is 12.1 Å². The number of allylic oxidation sites excluding steroid dienone is 1. The first-order valence-electron chi connectivity index (χ1n) is 9.75. The molecule has 158 valence electrons. The predicted molar refractivity (Wildman–Crippen MR) is 121 cm³/mol. The Morgan fingerprint density at radius 2 is 2.10 bits per heavy atom. The lowest BCUT2D eigenvalue weighted by atomic mass is 10.0. The number of halogens is 1. The lowest BCUT2D eigenvalue weighted by Gasteiger charge is -2.30. The third-order valence-corrected chi connectivity index (χ3v) is 5.05. The van der Waals surface area contributed by atoms with Crippen LogP contribution in [0.3, 0.4) is 0 Å². The monoisotopic (exact) mass is 410 g/mol. The van der Waals surface area contributed by atoms with E-state index in [-0.39, 0.29) is 11.7 Å². The third kappa shape index (κ3) is 4.80. The summed E-state index contributed by atoms with van der Waals surface area (Å²) in [6, 6.07) is 4.88. The topological polar surface area (TPSA) is 118 Å². The molecule has 0 spiro atoms. The minimum Gasteiger partial charge on any atom is -0.396 e. The number of guanidine groups is 1. The molecule has 0 radical (unpaired) electrons. The van der Waals surface area contributed by atoms with Crippen LogP contribution in [0.25, 0.3) is 16.8 Å². The number of nitrogen functional groups attached to an aromatic ring is 1. The Morgan fingerprint density at radius 3 is 2.73 bits per heavy atom. The average molecular weight is 411 g/mol. The minimum atomic E-state index is -0.490. The molecule has 1 saturated heterocycles. The number of aliphatic imine (C=N–C) groups is 2. The number of anilines is 2. The molecule has 5 N–H and O–H groups in total. The van der Waals surface area contributed by atoms with E-state index < -0.39 is 5.82 Å². The second-order valence-corrected chi connectivity index (χ2v) is 7.17.